The zero-order valence-corrected chi connectivity index (χ0v) is 19.1. The second-order valence-electron chi connectivity index (χ2n) is 10.8. The van der Waals surface area contributed by atoms with Crippen LogP contribution >= 0.6 is 0 Å². The molecule has 3 saturated carbocycles. The van der Waals surface area contributed by atoms with Crippen molar-refractivity contribution in [3.05, 3.63) is 11.6 Å². The molecular weight excluding hydrogens is 393 g/mol. The normalized spacial score (nSPS) is 47.2. The van der Waals surface area contributed by atoms with Crippen LogP contribution in [0.5, 0.6) is 0 Å². The van der Waals surface area contributed by atoms with Crippen LogP contribution in [0.1, 0.15) is 65.7 Å². The molecule has 0 spiro atoms. The molecule has 4 aliphatic carbocycles. The van der Waals surface area contributed by atoms with Crippen LogP contribution < -0.4 is 5.32 Å². The summed E-state index contributed by atoms with van der Waals surface area (Å²) in [7, 11) is 0. The first-order valence-electron chi connectivity index (χ1n) is 12.2. The van der Waals surface area contributed by atoms with Crippen molar-refractivity contribution in [2.45, 2.75) is 78.0 Å². The van der Waals surface area contributed by atoms with Crippen LogP contribution in [0.25, 0.3) is 0 Å². The highest BCUT2D eigenvalue weighted by Gasteiger charge is 2.62. The summed E-state index contributed by atoms with van der Waals surface area (Å²) in [5.74, 6) is 0.818. The zero-order valence-electron chi connectivity index (χ0n) is 19.1. The predicted octanol–water partition coefficient (Wildman–Crippen LogP) is 4.27. The Kier molecular flexibility index (Phi) is 5.35. The highest BCUT2D eigenvalue weighted by Crippen LogP contribution is 2.64. The molecule has 7 unspecified atom stereocenters. The van der Waals surface area contributed by atoms with Gasteiger partial charge >= 0.3 is 0 Å². The van der Waals surface area contributed by atoms with E-state index in [1.807, 2.05) is 6.92 Å². The van der Waals surface area contributed by atoms with Crippen LogP contribution in [-0.2, 0) is 9.63 Å². The Bertz CT molecular complexity index is 846. The van der Waals surface area contributed by atoms with Crippen LogP contribution in [0.2, 0.25) is 0 Å². The van der Waals surface area contributed by atoms with E-state index in [0.29, 0.717) is 18.3 Å². The van der Waals surface area contributed by atoms with Crippen molar-refractivity contribution in [2.75, 3.05) is 19.6 Å². The van der Waals surface area contributed by atoms with E-state index in [0.717, 1.165) is 69.6 Å². The lowest BCUT2D eigenvalue weighted by atomic mass is 9.47. The number of allylic oxidation sites excluding steroid dienone is 2. The van der Waals surface area contributed by atoms with Gasteiger partial charge in [0, 0.05) is 30.6 Å². The summed E-state index contributed by atoms with van der Waals surface area (Å²) in [5, 5.41) is 7.84. The molecule has 1 N–H and O–H groups in total. The smallest absolute Gasteiger partial charge is 0.173 e. The van der Waals surface area contributed by atoms with Crippen molar-refractivity contribution in [3.8, 4) is 0 Å². The molecule has 6 heteroatoms. The Morgan fingerprint density at radius 1 is 1.23 bits per heavy atom. The third kappa shape index (κ3) is 3.32. The monoisotopic (exact) mass is 429 g/mol. The number of rotatable bonds is 3. The number of hydrogen-bond donors (Lipinski definition) is 1. The Balaban J connectivity index is 1.47. The van der Waals surface area contributed by atoms with E-state index in [1.54, 1.807) is 0 Å². The highest BCUT2D eigenvalue weighted by molar-refractivity contribution is 6.10. The van der Waals surface area contributed by atoms with E-state index in [1.165, 1.54) is 5.57 Å². The van der Waals surface area contributed by atoms with Crippen LogP contribution in [-0.4, -0.2) is 49.1 Å². The summed E-state index contributed by atoms with van der Waals surface area (Å²) in [6.07, 6.45) is 7.14. The number of oxime groups is 1. The fourth-order valence-corrected chi connectivity index (χ4v) is 7.44. The van der Waals surface area contributed by atoms with Crippen LogP contribution in [0.4, 0.5) is 4.39 Å². The first kappa shape index (κ1) is 21.3. The molecule has 0 aromatic carbocycles. The molecule has 170 valence electrons. The molecule has 5 aliphatic rings. The molecule has 4 fully saturated rings. The van der Waals surface area contributed by atoms with E-state index in [2.05, 4.69) is 30.4 Å². The van der Waals surface area contributed by atoms with Gasteiger partial charge in [-0.2, -0.15) is 0 Å². The molecule has 1 saturated heterocycles. The summed E-state index contributed by atoms with van der Waals surface area (Å²) >= 11 is 0. The molecule has 0 aromatic rings. The summed E-state index contributed by atoms with van der Waals surface area (Å²) < 4.78 is 14.5. The van der Waals surface area contributed by atoms with E-state index in [4.69, 9.17) is 9.83 Å². The predicted molar refractivity (Wildman–Crippen MR) is 120 cm³/mol. The SMILES string of the molecule is CCN=C1CC2C3CC(F)C(=O)C3(C)CCC2C2(C)CC/C(=N\OC3CCNC3)C=C12. The number of fused-ring (bicyclic) bond motifs is 5. The van der Waals surface area contributed by atoms with Crippen LogP contribution in [0.3, 0.4) is 0 Å². The first-order chi connectivity index (χ1) is 14.9. The summed E-state index contributed by atoms with van der Waals surface area (Å²) in [4.78, 5) is 23.4. The largest absolute Gasteiger partial charge is 0.391 e. The lowest BCUT2D eigenvalue weighted by Crippen LogP contribution is -2.53. The lowest BCUT2D eigenvalue weighted by molar-refractivity contribution is -0.134. The minimum atomic E-state index is -1.28. The standard InChI is InChI=1S/C25H36FN3O2/c1-4-28-22-12-17-18(6-9-25(3)19(17)13-21(26)23(25)30)24(2)8-5-15(11-20(22)24)29-31-16-7-10-27-14-16/h11,16-19,21,27H,4-10,12-14H2,1-3H3/b28-22?,29-15+. The van der Waals surface area contributed by atoms with E-state index in [-0.39, 0.29) is 23.2 Å². The maximum Gasteiger partial charge on any atom is 0.173 e. The number of ketones is 1. The molecule has 0 amide bonds. The number of aliphatic imine (C=N–C) groups is 1. The van der Waals surface area contributed by atoms with E-state index >= 15 is 0 Å². The number of nitrogens with one attached hydrogen (secondary N) is 1. The van der Waals surface area contributed by atoms with Gasteiger partial charge < -0.3 is 10.2 Å². The van der Waals surface area contributed by atoms with Gasteiger partial charge in [-0.15, -0.1) is 0 Å². The summed E-state index contributed by atoms with van der Waals surface area (Å²) in [6.45, 7) is 9.09. The molecule has 0 radical (unpaired) electrons. The molecule has 0 aromatic heterocycles. The lowest BCUT2D eigenvalue weighted by Gasteiger charge is -2.57. The Labute approximate surface area is 185 Å². The molecule has 31 heavy (non-hydrogen) atoms. The number of carbonyl (C=O) groups is 1. The topological polar surface area (TPSA) is 63.0 Å². The second-order valence-corrected chi connectivity index (χ2v) is 10.8. The quantitative estimate of drug-likeness (QED) is 0.682. The number of Topliss-reactive ketones (excluding diaryl/α,β-unsaturated/α-hetero) is 1. The average Bonchev–Trinajstić information content (AvgIpc) is 3.35. The summed E-state index contributed by atoms with van der Waals surface area (Å²) in [5.41, 5.74) is 3.02. The molecule has 5 nitrogen and oxygen atoms in total. The molecule has 1 aliphatic heterocycles. The van der Waals surface area contributed by atoms with Gasteiger partial charge in [-0.05, 0) is 86.8 Å². The molecule has 7 atom stereocenters. The van der Waals surface area contributed by atoms with E-state index in [9.17, 15) is 9.18 Å². The van der Waals surface area contributed by atoms with Crippen LogP contribution in [0, 0.1) is 28.6 Å². The van der Waals surface area contributed by atoms with E-state index < -0.39 is 11.6 Å². The van der Waals surface area contributed by atoms with Crippen LogP contribution in [0.15, 0.2) is 21.8 Å². The first-order valence-corrected chi connectivity index (χ1v) is 12.2. The maximum atomic E-state index is 14.5. The zero-order chi connectivity index (χ0) is 21.8. The molecule has 5 rings (SSSR count). The maximum absolute atomic E-state index is 14.5. The average molecular weight is 430 g/mol. The van der Waals surface area contributed by atoms with Gasteiger partial charge in [-0.1, -0.05) is 19.0 Å². The van der Waals surface area contributed by atoms with Crippen molar-refractivity contribution >= 4 is 17.2 Å². The van der Waals surface area contributed by atoms with Crippen molar-refractivity contribution in [1.82, 2.24) is 5.32 Å². The van der Waals surface area contributed by atoms with Crippen molar-refractivity contribution in [3.63, 3.8) is 0 Å². The molecule has 1 heterocycles. The van der Waals surface area contributed by atoms with Gasteiger partial charge in [0.25, 0.3) is 0 Å². The van der Waals surface area contributed by atoms with Gasteiger partial charge in [0.15, 0.2) is 12.0 Å². The molecule has 0 bridgehead atoms. The Morgan fingerprint density at radius 2 is 2.06 bits per heavy atom. The number of carbonyl (C=O) groups excluding carboxylic acids is 1. The number of alkyl halides is 1. The fraction of sp³-hybridized carbons (Fsp3) is 0.800. The Morgan fingerprint density at radius 3 is 2.81 bits per heavy atom. The van der Waals surface area contributed by atoms with Gasteiger partial charge in [0.2, 0.25) is 0 Å². The second kappa shape index (κ2) is 7.79. The minimum Gasteiger partial charge on any atom is -0.391 e. The third-order valence-corrected chi connectivity index (χ3v) is 9.20. The molecular formula is C25H36FN3O2. The van der Waals surface area contributed by atoms with Crippen molar-refractivity contribution in [2.24, 2.45) is 38.7 Å². The van der Waals surface area contributed by atoms with Gasteiger partial charge in [0.1, 0.15) is 6.10 Å². The van der Waals surface area contributed by atoms with Gasteiger partial charge in [-0.25, -0.2) is 4.39 Å². The number of halogens is 1. The number of hydrogen-bond acceptors (Lipinski definition) is 5. The highest BCUT2D eigenvalue weighted by atomic mass is 19.1. The third-order valence-electron chi connectivity index (χ3n) is 9.20. The summed E-state index contributed by atoms with van der Waals surface area (Å²) in [6, 6.07) is 0. The van der Waals surface area contributed by atoms with Crippen molar-refractivity contribution < 1.29 is 14.0 Å². The number of nitrogens with zero attached hydrogens (tertiary/aromatic N) is 2. The Hall–Kier alpha value is -1.56. The minimum absolute atomic E-state index is 0.0175. The van der Waals surface area contributed by atoms with Gasteiger partial charge in [0.05, 0.1) is 5.71 Å². The fourth-order valence-electron chi connectivity index (χ4n) is 7.44. The van der Waals surface area contributed by atoms with Crippen molar-refractivity contribution in [1.29, 1.82) is 0 Å². The van der Waals surface area contributed by atoms with Gasteiger partial charge in [-0.3, -0.25) is 9.79 Å².